The van der Waals surface area contributed by atoms with Gasteiger partial charge in [-0.15, -0.1) is 23.5 Å². The van der Waals surface area contributed by atoms with Crippen LogP contribution in [0, 0.1) is 0 Å². The van der Waals surface area contributed by atoms with E-state index in [9.17, 15) is 4.79 Å². The minimum absolute atomic E-state index is 0.0792. The Labute approximate surface area is 178 Å². The predicted octanol–water partition coefficient (Wildman–Crippen LogP) is 5.37. The van der Waals surface area contributed by atoms with Crippen molar-refractivity contribution in [3.63, 3.8) is 0 Å². The Morgan fingerprint density at radius 3 is 2.66 bits per heavy atom. The van der Waals surface area contributed by atoms with Gasteiger partial charge >= 0.3 is 0 Å². The van der Waals surface area contributed by atoms with Crippen LogP contribution >= 0.6 is 23.5 Å². The summed E-state index contributed by atoms with van der Waals surface area (Å²) in [7, 11) is 0. The highest BCUT2D eigenvalue weighted by Gasteiger charge is 2.18. The van der Waals surface area contributed by atoms with Crippen molar-refractivity contribution in [2.75, 3.05) is 23.4 Å². The quantitative estimate of drug-likeness (QED) is 0.550. The molecule has 1 N–H and O–H groups in total. The molecular weight excluding hydrogens is 404 g/mol. The van der Waals surface area contributed by atoms with E-state index in [-0.39, 0.29) is 12.5 Å². The van der Waals surface area contributed by atoms with Gasteiger partial charge in [0.25, 0.3) is 5.91 Å². The minimum Gasteiger partial charge on any atom is -0.484 e. The van der Waals surface area contributed by atoms with Crippen LogP contribution in [-0.4, -0.2) is 29.0 Å². The molecule has 0 bridgehead atoms. The number of rotatable bonds is 7. The summed E-state index contributed by atoms with van der Waals surface area (Å²) in [5.41, 5.74) is 2.02. The van der Waals surface area contributed by atoms with Crippen LogP contribution in [-0.2, 0) is 4.79 Å². The fraction of sp³-hybridized carbons (Fsp3) is 0.182. The van der Waals surface area contributed by atoms with Crippen molar-refractivity contribution in [2.24, 2.45) is 0 Å². The second-order valence-electron chi connectivity index (χ2n) is 6.28. The van der Waals surface area contributed by atoms with Crippen LogP contribution in [0.15, 0.2) is 72.9 Å². The Balaban J connectivity index is 1.32. The number of ether oxygens (including phenoxy) is 2. The molecule has 0 aliphatic carbocycles. The summed E-state index contributed by atoms with van der Waals surface area (Å²) in [6.07, 6.45) is 1.67. The standard InChI is InChI=1S/C22H20N2O3S2/c25-20(24-17-6-3-5-16(13-17)22-28-11-12-29-22)15-26-18-7-4-8-19(14-18)27-21-9-1-2-10-23-21/h1-10,13-14,22H,11-12,15H2,(H,24,25). The Bertz CT molecular complexity index is 963. The summed E-state index contributed by atoms with van der Waals surface area (Å²) in [5, 5.41) is 2.91. The van der Waals surface area contributed by atoms with E-state index in [0.717, 1.165) is 5.69 Å². The molecule has 1 saturated heterocycles. The molecule has 0 saturated carbocycles. The summed E-state index contributed by atoms with van der Waals surface area (Å²) in [4.78, 5) is 16.4. The zero-order valence-corrected chi connectivity index (χ0v) is 17.2. The van der Waals surface area contributed by atoms with Crippen LogP contribution in [0.4, 0.5) is 5.69 Å². The maximum Gasteiger partial charge on any atom is 0.262 e. The van der Waals surface area contributed by atoms with Crippen LogP contribution in [0.3, 0.4) is 0 Å². The van der Waals surface area contributed by atoms with E-state index in [0.29, 0.717) is 22.0 Å². The van der Waals surface area contributed by atoms with Crippen molar-refractivity contribution in [1.29, 1.82) is 0 Å². The molecule has 0 unspecified atom stereocenters. The molecule has 0 spiro atoms. The van der Waals surface area contributed by atoms with Gasteiger partial charge in [-0.1, -0.05) is 24.3 Å². The number of aromatic nitrogens is 1. The number of carbonyl (C=O) groups is 1. The lowest BCUT2D eigenvalue weighted by atomic mass is 10.2. The number of nitrogens with zero attached hydrogens (tertiary/aromatic N) is 1. The molecule has 1 aliphatic rings. The van der Waals surface area contributed by atoms with Gasteiger partial charge in [0.05, 0.1) is 4.58 Å². The second kappa shape index (κ2) is 9.71. The van der Waals surface area contributed by atoms with Crippen LogP contribution in [0.25, 0.3) is 0 Å². The van der Waals surface area contributed by atoms with Gasteiger partial charge in [-0.2, -0.15) is 0 Å². The third kappa shape index (κ3) is 5.68. The van der Waals surface area contributed by atoms with Crippen LogP contribution in [0.5, 0.6) is 17.4 Å². The molecule has 1 fully saturated rings. The van der Waals surface area contributed by atoms with Crippen molar-refractivity contribution < 1.29 is 14.3 Å². The normalized spacial score (nSPS) is 13.8. The average Bonchev–Trinajstić information content (AvgIpc) is 3.29. The van der Waals surface area contributed by atoms with Crippen LogP contribution in [0.2, 0.25) is 0 Å². The first-order valence-electron chi connectivity index (χ1n) is 9.21. The number of hydrogen-bond acceptors (Lipinski definition) is 6. The fourth-order valence-electron chi connectivity index (χ4n) is 2.82. The molecule has 2 heterocycles. The molecule has 7 heteroatoms. The summed E-state index contributed by atoms with van der Waals surface area (Å²) in [5.74, 6) is 3.79. The zero-order valence-electron chi connectivity index (χ0n) is 15.6. The van der Waals surface area contributed by atoms with E-state index in [2.05, 4.69) is 16.4 Å². The molecule has 3 aromatic rings. The molecule has 4 rings (SSSR count). The highest BCUT2D eigenvalue weighted by atomic mass is 32.2. The number of thioether (sulfide) groups is 2. The van der Waals surface area contributed by atoms with Gasteiger partial charge in [-0.05, 0) is 35.9 Å². The van der Waals surface area contributed by atoms with E-state index in [1.54, 1.807) is 24.4 Å². The maximum atomic E-state index is 12.3. The highest BCUT2D eigenvalue weighted by molar-refractivity contribution is 8.19. The number of nitrogens with one attached hydrogen (secondary N) is 1. The monoisotopic (exact) mass is 424 g/mol. The van der Waals surface area contributed by atoms with Crippen molar-refractivity contribution in [1.82, 2.24) is 4.98 Å². The molecule has 0 atom stereocenters. The summed E-state index contributed by atoms with van der Waals surface area (Å²) < 4.78 is 11.8. The van der Waals surface area contributed by atoms with Gasteiger partial charge in [0, 0.05) is 35.5 Å². The van der Waals surface area contributed by atoms with Gasteiger partial charge in [0.15, 0.2) is 6.61 Å². The minimum atomic E-state index is -0.204. The first-order valence-corrected chi connectivity index (χ1v) is 11.3. The lowest BCUT2D eigenvalue weighted by Gasteiger charge is -2.12. The molecule has 1 amide bonds. The van der Waals surface area contributed by atoms with Crippen molar-refractivity contribution in [2.45, 2.75) is 4.58 Å². The van der Waals surface area contributed by atoms with Crippen LogP contribution in [0.1, 0.15) is 10.1 Å². The molecule has 29 heavy (non-hydrogen) atoms. The smallest absolute Gasteiger partial charge is 0.262 e. The number of anilines is 1. The Morgan fingerprint density at radius 2 is 1.83 bits per heavy atom. The third-order valence-corrected chi connectivity index (χ3v) is 7.20. The van der Waals surface area contributed by atoms with Gasteiger partial charge in [-0.3, -0.25) is 4.79 Å². The molecule has 0 radical (unpaired) electrons. The van der Waals surface area contributed by atoms with Gasteiger partial charge in [-0.25, -0.2) is 4.98 Å². The van der Waals surface area contributed by atoms with Gasteiger partial charge in [0.1, 0.15) is 11.5 Å². The van der Waals surface area contributed by atoms with Crippen molar-refractivity contribution in [3.8, 4) is 17.4 Å². The number of carbonyl (C=O) groups excluding carboxylic acids is 1. The first-order chi connectivity index (χ1) is 14.3. The predicted molar refractivity (Wildman–Crippen MR) is 119 cm³/mol. The topological polar surface area (TPSA) is 60.5 Å². The van der Waals surface area contributed by atoms with Gasteiger partial charge in [0.2, 0.25) is 5.88 Å². The summed E-state index contributed by atoms with van der Waals surface area (Å²) in [6, 6.07) is 20.6. The second-order valence-corrected chi connectivity index (χ2v) is 9.01. The molecule has 1 aromatic heterocycles. The lowest BCUT2D eigenvalue weighted by molar-refractivity contribution is -0.118. The SMILES string of the molecule is O=C(COc1cccc(Oc2ccccn2)c1)Nc1cccc(C2SCCS2)c1. The van der Waals surface area contributed by atoms with Crippen molar-refractivity contribution >= 4 is 35.1 Å². The first kappa shape index (κ1) is 19.7. The number of amides is 1. The maximum absolute atomic E-state index is 12.3. The summed E-state index contributed by atoms with van der Waals surface area (Å²) >= 11 is 3.88. The molecule has 5 nitrogen and oxygen atoms in total. The number of benzene rings is 2. The van der Waals surface area contributed by atoms with E-state index in [1.807, 2.05) is 66.0 Å². The van der Waals surface area contributed by atoms with Crippen LogP contribution < -0.4 is 14.8 Å². The third-order valence-electron chi connectivity index (χ3n) is 4.10. The molecule has 1 aliphatic heterocycles. The van der Waals surface area contributed by atoms with E-state index in [1.165, 1.54) is 17.1 Å². The van der Waals surface area contributed by atoms with Crippen molar-refractivity contribution in [3.05, 3.63) is 78.5 Å². The molecule has 148 valence electrons. The summed E-state index contributed by atoms with van der Waals surface area (Å²) in [6.45, 7) is -0.0792. The van der Waals surface area contributed by atoms with E-state index >= 15 is 0 Å². The number of hydrogen-bond donors (Lipinski definition) is 1. The Morgan fingerprint density at radius 1 is 1.00 bits per heavy atom. The largest absolute Gasteiger partial charge is 0.484 e. The molecular formula is C22H20N2O3S2. The lowest BCUT2D eigenvalue weighted by Crippen LogP contribution is -2.20. The Hall–Kier alpha value is -2.64. The highest BCUT2D eigenvalue weighted by Crippen LogP contribution is 2.45. The van der Waals surface area contributed by atoms with E-state index in [4.69, 9.17) is 9.47 Å². The van der Waals surface area contributed by atoms with Gasteiger partial charge < -0.3 is 14.8 Å². The Kier molecular flexibility index (Phi) is 6.59. The fourth-order valence-corrected chi connectivity index (χ4v) is 5.65. The average molecular weight is 425 g/mol. The number of pyridine rings is 1. The molecule has 2 aromatic carbocycles. The zero-order chi connectivity index (χ0) is 19.9. The van der Waals surface area contributed by atoms with E-state index < -0.39 is 0 Å².